The molecule has 0 unspecified atom stereocenters. The molecule has 94 valence electrons. The first-order valence-corrected chi connectivity index (χ1v) is 5.80. The Morgan fingerprint density at radius 2 is 2.00 bits per heavy atom. The first-order chi connectivity index (χ1) is 8.79. The molecule has 4 heteroatoms. The molecule has 3 N–H and O–H groups in total. The molecule has 0 bridgehead atoms. The number of nitrogens with one attached hydrogen (secondary N) is 1. The average molecular weight is 243 g/mol. The number of ether oxygens (including phenoxy) is 1. The molecule has 2 aromatic rings. The summed E-state index contributed by atoms with van der Waals surface area (Å²) in [5.74, 6) is 0.519. The number of nitrogens with zero attached hydrogens (tertiary/aromatic N) is 1. The fourth-order valence-electron chi connectivity index (χ4n) is 1.78. The number of anilines is 2. The normalized spacial score (nSPS) is 10.3. The summed E-state index contributed by atoms with van der Waals surface area (Å²) in [6, 6.07) is 11.9. The number of nitrogen functional groups attached to an aromatic ring is 1. The molecule has 0 aliphatic carbocycles. The average Bonchev–Trinajstić information content (AvgIpc) is 2.38. The number of rotatable bonds is 5. The molecule has 0 radical (unpaired) electrons. The third-order valence-electron chi connectivity index (χ3n) is 2.68. The van der Waals surface area contributed by atoms with E-state index in [1.165, 1.54) is 11.1 Å². The zero-order chi connectivity index (χ0) is 12.8. The lowest BCUT2D eigenvalue weighted by Crippen LogP contribution is -2.04. The van der Waals surface area contributed by atoms with Crippen molar-refractivity contribution in [3.8, 4) is 0 Å². The minimum absolute atomic E-state index is 0.519. The molecule has 0 saturated carbocycles. The lowest BCUT2D eigenvalue weighted by Gasteiger charge is -2.11. The molecule has 0 amide bonds. The Hall–Kier alpha value is -2.07. The largest absolute Gasteiger partial charge is 0.384 e. The van der Waals surface area contributed by atoms with Gasteiger partial charge in [-0.05, 0) is 17.2 Å². The van der Waals surface area contributed by atoms with Gasteiger partial charge < -0.3 is 15.8 Å². The smallest absolute Gasteiger partial charge is 0.125 e. The maximum absolute atomic E-state index is 5.63. The van der Waals surface area contributed by atoms with Crippen molar-refractivity contribution >= 4 is 11.5 Å². The highest BCUT2D eigenvalue weighted by Gasteiger charge is 2.01. The second kappa shape index (κ2) is 6.02. The molecule has 0 saturated heterocycles. The molecular formula is C14H17N3O. The molecule has 0 aliphatic rings. The molecule has 0 atom stereocenters. The van der Waals surface area contributed by atoms with E-state index in [0.717, 1.165) is 12.2 Å². The monoisotopic (exact) mass is 243 g/mol. The number of methoxy groups -OCH3 is 1. The Bertz CT molecular complexity index is 514. The summed E-state index contributed by atoms with van der Waals surface area (Å²) >= 11 is 0. The number of benzene rings is 1. The summed E-state index contributed by atoms with van der Waals surface area (Å²) in [5, 5.41) is 3.33. The predicted molar refractivity (Wildman–Crippen MR) is 73.1 cm³/mol. The second-order valence-corrected chi connectivity index (χ2v) is 4.02. The molecule has 1 aromatic heterocycles. The first kappa shape index (κ1) is 12.4. The maximum Gasteiger partial charge on any atom is 0.125 e. The Balaban J connectivity index is 2.06. The van der Waals surface area contributed by atoms with E-state index in [-0.39, 0.29) is 0 Å². The van der Waals surface area contributed by atoms with Crippen molar-refractivity contribution in [2.24, 2.45) is 0 Å². The van der Waals surface area contributed by atoms with Gasteiger partial charge in [0.2, 0.25) is 0 Å². The first-order valence-electron chi connectivity index (χ1n) is 5.80. The second-order valence-electron chi connectivity index (χ2n) is 4.02. The summed E-state index contributed by atoms with van der Waals surface area (Å²) in [5.41, 5.74) is 9.01. The van der Waals surface area contributed by atoms with Crippen molar-refractivity contribution in [1.29, 1.82) is 0 Å². The van der Waals surface area contributed by atoms with Crippen LogP contribution >= 0.6 is 0 Å². The molecule has 1 aromatic carbocycles. The van der Waals surface area contributed by atoms with Crippen LogP contribution < -0.4 is 11.1 Å². The van der Waals surface area contributed by atoms with Crippen LogP contribution in [0.3, 0.4) is 0 Å². The van der Waals surface area contributed by atoms with Crippen LogP contribution in [0.15, 0.2) is 42.6 Å². The van der Waals surface area contributed by atoms with Gasteiger partial charge in [-0.1, -0.05) is 24.3 Å². The number of hydrogen-bond donors (Lipinski definition) is 2. The van der Waals surface area contributed by atoms with Gasteiger partial charge in [0.05, 0.1) is 6.61 Å². The molecule has 18 heavy (non-hydrogen) atoms. The van der Waals surface area contributed by atoms with Gasteiger partial charge in [0.1, 0.15) is 5.82 Å². The molecule has 2 rings (SSSR count). The summed E-state index contributed by atoms with van der Waals surface area (Å²) < 4.78 is 5.18. The van der Waals surface area contributed by atoms with E-state index in [1.807, 2.05) is 24.3 Å². The van der Waals surface area contributed by atoms with Crippen LogP contribution in [0.25, 0.3) is 0 Å². The van der Waals surface area contributed by atoms with E-state index in [9.17, 15) is 0 Å². The summed E-state index contributed by atoms with van der Waals surface area (Å²) in [6.45, 7) is 1.36. The van der Waals surface area contributed by atoms with Gasteiger partial charge in [-0.2, -0.15) is 0 Å². The lowest BCUT2D eigenvalue weighted by atomic mass is 10.1. The van der Waals surface area contributed by atoms with Gasteiger partial charge in [-0.25, -0.2) is 4.98 Å². The Labute approximate surface area is 107 Å². The molecule has 0 fully saturated rings. The van der Waals surface area contributed by atoms with Gasteiger partial charge in [-0.15, -0.1) is 0 Å². The Morgan fingerprint density at radius 1 is 1.22 bits per heavy atom. The third kappa shape index (κ3) is 3.21. The minimum atomic E-state index is 0.519. The molecule has 4 nitrogen and oxygen atoms in total. The van der Waals surface area contributed by atoms with E-state index in [2.05, 4.69) is 22.4 Å². The van der Waals surface area contributed by atoms with E-state index >= 15 is 0 Å². The standard InChI is InChI=1S/C14H17N3O/c1-18-10-12-5-3-2-4-11(12)9-17-13-6-7-16-14(15)8-13/h2-8H,9-10H2,1H3,(H3,15,16,17). The Kier molecular flexibility index (Phi) is 4.15. The van der Waals surface area contributed by atoms with Crippen LogP contribution in [0.4, 0.5) is 11.5 Å². The third-order valence-corrected chi connectivity index (χ3v) is 2.68. The minimum Gasteiger partial charge on any atom is -0.384 e. The van der Waals surface area contributed by atoms with E-state index in [1.54, 1.807) is 13.3 Å². The maximum atomic E-state index is 5.63. The van der Waals surface area contributed by atoms with Crippen LogP contribution in [0.5, 0.6) is 0 Å². The lowest BCUT2D eigenvalue weighted by molar-refractivity contribution is 0.184. The van der Waals surface area contributed by atoms with Crippen molar-refractivity contribution in [3.05, 3.63) is 53.7 Å². The number of pyridine rings is 1. The van der Waals surface area contributed by atoms with E-state index < -0.39 is 0 Å². The van der Waals surface area contributed by atoms with Gasteiger partial charge >= 0.3 is 0 Å². The predicted octanol–water partition coefficient (Wildman–Crippen LogP) is 2.42. The molecule has 0 spiro atoms. The van der Waals surface area contributed by atoms with Crippen molar-refractivity contribution in [2.45, 2.75) is 13.2 Å². The van der Waals surface area contributed by atoms with Crippen LogP contribution in [0.2, 0.25) is 0 Å². The number of nitrogens with two attached hydrogens (primary N) is 1. The van der Waals surface area contributed by atoms with E-state index in [4.69, 9.17) is 10.5 Å². The number of aromatic nitrogens is 1. The van der Waals surface area contributed by atoms with E-state index in [0.29, 0.717) is 12.4 Å². The van der Waals surface area contributed by atoms with Gasteiger partial charge in [0, 0.05) is 31.6 Å². The van der Waals surface area contributed by atoms with Crippen molar-refractivity contribution < 1.29 is 4.74 Å². The van der Waals surface area contributed by atoms with Crippen LogP contribution in [0.1, 0.15) is 11.1 Å². The number of hydrogen-bond acceptors (Lipinski definition) is 4. The van der Waals surface area contributed by atoms with Crippen LogP contribution in [-0.2, 0) is 17.9 Å². The zero-order valence-electron chi connectivity index (χ0n) is 10.4. The SMILES string of the molecule is COCc1ccccc1CNc1ccnc(N)c1. The summed E-state index contributed by atoms with van der Waals surface area (Å²) in [6.07, 6.45) is 1.69. The molecular weight excluding hydrogens is 226 g/mol. The van der Waals surface area contributed by atoms with Crippen LogP contribution in [-0.4, -0.2) is 12.1 Å². The zero-order valence-corrected chi connectivity index (χ0v) is 10.4. The topological polar surface area (TPSA) is 60.2 Å². The highest BCUT2D eigenvalue weighted by molar-refractivity contribution is 5.50. The molecule has 1 heterocycles. The Morgan fingerprint density at radius 3 is 2.72 bits per heavy atom. The fourth-order valence-corrected chi connectivity index (χ4v) is 1.78. The van der Waals surface area contributed by atoms with Crippen molar-refractivity contribution in [3.63, 3.8) is 0 Å². The highest BCUT2D eigenvalue weighted by Crippen LogP contribution is 2.14. The van der Waals surface area contributed by atoms with Crippen LogP contribution in [0, 0.1) is 0 Å². The van der Waals surface area contributed by atoms with Gasteiger partial charge in [-0.3, -0.25) is 0 Å². The van der Waals surface area contributed by atoms with Crippen molar-refractivity contribution in [2.75, 3.05) is 18.2 Å². The van der Waals surface area contributed by atoms with Crippen molar-refractivity contribution in [1.82, 2.24) is 4.98 Å². The quantitative estimate of drug-likeness (QED) is 0.846. The highest BCUT2D eigenvalue weighted by atomic mass is 16.5. The summed E-state index contributed by atoms with van der Waals surface area (Å²) in [4.78, 5) is 3.96. The van der Waals surface area contributed by atoms with Gasteiger partial charge in [0.25, 0.3) is 0 Å². The molecule has 0 aliphatic heterocycles. The fraction of sp³-hybridized carbons (Fsp3) is 0.214. The summed E-state index contributed by atoms with van der Waals surface area (Å²) in [7, 11) is 1.70. The van der Waals surface area contributed by atoms with Gasteiger partial charge in [0.15, 0.2) is 0 Å².